The Balaban J connectivity index is 2.56. The molecule has 0 fully saturated rings. The Morgan fingerprint density at radius 1 is 1.56 bits per heavy atom. The number of aromatic nitrogens is 1. The predicted octanol–water partition coefficient (Wildman–Crippen LogP) is 1.49. The molecule has 1 aromatic heterocycles. The number of carbonyl (C=O) groups excluding carboxylic acids is 1. The lowest BCUT2D eigenvalue weighted by atomic mass is 10.3. The minimum absolute atomic E-state index is 0.0738. The highest BCUT2D eigenvalue weighted by Gasteiger charge is 2.02. The summed E-state index contributed by atoms with van der Waals surface area (Å²) in [7, 11) is 1.74. The topological polar surface area (TPSA) is 54.0 Å². The van der Waals surface area contributed by atoms with Crippen molar-refractivity contribution in [2.24, 2.45) is 0 Å². The van der Waals surface area contributed by atoms with Crippen LogP contribution in [0.3, 0.4) is 0 Å². The van der Waals surface area contributed by atoms with Gasteiger partial charge in [0, 0.05) is 11.9 Å². The maximum atomic E-state index is 11.3. The van der Waals surface area contributed by atoms with Gasteiger partial charge in [-0.05, 0) is 30.5 Å². The summed E-state index contributed by atoms with van der Waals surface area (Å²) in [5, 5.41) is 5.53. The first-order valence-electron chi connectivity index (χ1n) is 5.23. The molecule has 2 N–H and O–H groups in total. The maximum Gasteiger partial charge on any atom is 0.239 e. The number of thioether (sulfide) groups is 1. The molecule has 0 saturated carbocycles. The van der Waals surface area contributed by atoms with E-state index in [0.29, 0.717) is 12.4 Å². The van der Waals surface area contributed by atoms with Crippen molar-refractivity contribution in [1.82, 2.24) is 10.3 Å². The zero-order valence-corrected chi connectivity index (χ0v) is 10.4. The standard InChI is InChI=1S/C11H17N3OS/c1-3-16-8-9-4-5-13-10(6-9)14-11(15)7-12-2/h4-6,12H,3,7-8H2,1-2H3,(H,13,14,15). The predicted molar refractivity (Wildman–Crippen MR) is 68.6 cm³/mol. The molecule has 0 aliphatic heterocycles. The molecule has 0 aliphatic rings. The molecule has 88 valence electrons. The molecule has 1 amide bonds. The molecule has 0 atom stereocenters. The summed E-state index contributed by atoms with van der Waals surface area (Å²) in [6.45, 7) is 2.43. The summed E-state index contributed by atoms with van der Waals surface area (Å²) < 4.78 is 0. The van der Waals surface area contributed by atoms with E-state index >= 15 is 0 Å². The van der Waals surface area contributed by atoms with Crippen LogP contribution >= 0.6 is 11.8 Å². The van der Waals surface area contributed by atoms with E-state index in [-0.39, 0.29) is 5.91 Å². The van der Waals surface area contributed by atoms with Crippen LogP contribution in [-0.4, -0.2) is 30.2 Å². The van der Waals surface area contributed by atoms with E-state index < -0.39 is 0 Å². The highest BCUT2D eigenvalue weighted by atomic mass is 32.2. The molecule has 0 aliphatic carbocycles. The van der Waals surface area contributed by atoms with Crippen molar-refractivity contribution in [2.45, 2.75) is 12.7 Å². The van der Waals surface area contributed by atoms with Crippen molar-refractivity contribution < 1.29 is 4.79 Å². The maximum absolute atomic E-state index is 11.3. The van der Waals surface area contributed by atoms with Crippen LogP contribution in [-0.2, 0) is 10.5 Å². The summed E-state index contributed by atoms with van der Waals surface area (Å²) >= 11 is 1.85. The van der Waals surface area contributed by atoms with Crippen LogP contribution in [0.15, 0.2) is 18.3 Å². The average Bonchev–Trinajstić information content (AvgIpc) is 2.27. The zero-order valence-electron chi connectivity index (χ0n) is 9.62. The highest BCUT2D eigenvalue weighted by molar-refractivity contribution is 7.98. The lowest BCUT2D eigenvalue weighted by Crippen LogP contribution is -2.25. The normalized spacial score (nSPS) is 10.1. The van der Waals surface area contributed by atoms with Crippen molar-refractivity contribution >= 4 is 23.5 Å². The minimum Gasteiger partial charge on any atom is -0.311 e. The summed E-state index contributed by atoms with van der Waals surface area (Å²) in [5.74, 6) is 2.59. The molecule has 0 radical (unpaired) electrons. The molecule has 0 bridgehead atoms. The minimum atomic E-state index is -0.0738. The number of pyridine rings is 1. The Morgan fingerprint density at radius 2 is 2.38 bits per heavy atom. The SMILES string of the molecule is CCSCc1ccnc(NC(=O)CNC)c1. The van der Waals surface area contributed by atoms with Gasteiger partial charge in [-0.1, -0.05) is 6.92 Å². The van der Waals surface area contributed by atoms with Gasteiger partial charge in [-0.15, -0.1) is 0 Å². The fraction of sp³-hybridized carbons (Fsp3) is 0.455. The molecule has 0 aromatic carbocycles. The number of amides is 1. The summed E-state index contributed by atoms with van der Waals surface area (Å²) in [5.41, 5.74) is 1.18. The van der Waals surface area contributed by atoms with Gasteiger partial charge in [-0.3, -0.25) is 4.79 Å². The monoisotopic (exact) mass is 239 g/mol. The van der Waals surface area contributed by atoms with Crippen molar-refractivity contribution in [1.29, 1.82) is 0 Å². The van der Waals surface area contributed by atoms with Crippen LogP contribution in [0.2, 0.25) is 0 Å². The van der Waals surface area contributed by atoms with Crippen molar-refractivity contribution in [2.75, 3.05) is 24.7 Å². The molecule has 4 nitrogen and oxygen atoms in total. The number of likely N-dealkylation sites (N-methyl/N-ethyl adjacent to an activating group) is 1. The van der Waals surface area contributed by atoms with Crippen molar-refractivity contribution in [3.8, 4) is 0 Å². The van der Waals surface area contributed by atoms with Crippen LogP contribution in [0.5, 0.6) is 0 Å². The molecule has 0 spiro atoms. The van der Waals surface area contributed by atoms with E-state index in [1.807, 2.05) is 23.9 Å². The van der Waals surface area contributed by atoms with E-state index in [1.165, 1.54) is 5.56 Å². The third-order valence-electron chi connectivity index (χ3n) is 1.90. The van der Waals surface area contributed by atoms with Crippen LogP contribution in [0.1, 0.15) is 12.5 Å². The first-order valence-corrected chi connectivity index (χ1v) is 6.39. The molecule has 5 heteroatoms. The third kappa shape index (κ3) is 4.63. The number of nitrogens with one attached hydrogen (secondary N) is 2. The second kappa shape index (κ2) is 7.24. The Hall–Kier alpha value is -1.07. The van der Waals surface area contributed by atoms with Crippen LogP contribution in [0, 0.1) is 0 Å². The van der Waals surface area contributed by atoms with Crippen LogP contribution < -0.4 is 10.6 Å². The van der Waals surface area contributed by atoms with Gasteiger partial charge in [0.05, 0.1) is 6.54 Å². The second-order valence-corrected chi connectivity index (χ2v) is 4.54. The summed E-state index contributed by atoms with van der Waals surface area (Å²) in [6.07, 6.45) is 1.72. The van der Waals surface area contributed by atoms with Gasteiger partial charge in [-0.25, -0.2) is 4.98 Å². The lowest BCUT2D eigenvalue weighted by molar-refractivity contribution is -0.115. The smallest absolute Gasteiger partial charge is 0.239 e. The van der Waals surface area contributed by atoms with Crippen LogP contribution in [0.4, 0.5) is 5.82 Å². The van der Waals surface area contributed by atoms with Gasteiger partial charge < -0.3 is 10.6 Å². The first-order chi connectivity index (χ1) is 7.76. The quantitative estimate of drug-likeness (QED) is 0.790. The average molecular weight is 239 g/mol. The Bertz CT molecular complexity index is 344. The number of carbonyl (C=O) groups is 1. The van der Waals surface area contributed by atoms with E-state index in [0.717, 1.165) is 11.5 Å². The Labute approximate surface area is 100 Å². The van der Waals surface area contributed by atoms with Gasteiger partial charge in [0.2, 0.25) is 5.91 Å². The van der Waals surface area contributed by atoms with Crippen LogP contribution in [0.25, 0.3) is 0 Å². The fourth-order valence-corrected chi connectivity index (χ4v) is 1.82. The number of rotatable bonds is 6. The molecule has 1 aromatic rings. The molecule has 16 heavy (non-hydrogen) atoms. The molecule has 0 saturated heterocycles. The zero-order chi connectivity index (χ0) is 11.8. The fourth-order valence-electron chi connectivity index (χ4n) is 1.20. The molecule has 1 heterocycles. The number of nitrogens with zero attached hydrogens (tertiary/aromatic N) is 1. The number of anilines is 1. The van der Waals surface area contributed by atoms with Gasteiger partial charge in [0.1, 0.15) is 5.82 Å². The highest BCUT2D eigenvalue weighted by Crippen LogP contribution is 2.13. The number of hydrogen-bond donors (Lipinski definition) is 2. The van der Waals surface area contributed by atoms with Gasteiger partial charge in [0.25, 0.3) is 0 Å². The Morgan fingerprint density at radius 3 is 3.06 bits per heavy atom. The van der Waals surface area contributed by atoms with E-state index in [4.69, 9.17) is 0 Å². The third-order valence-corrected chi connectivity index (χ3v) is 2.85. The van der Waals surface area contributed by atoms with Gasteiger partial charge in [0.15, 0.2) is 0 Å². The second-order valence-electron chi connectivity index (χ2n) is 3.26. The summed E-state index contributed by atoms with van der Waals surface area (Å²) in [6, 6.07) is 3.88. The first kappa shape index (κ1) is 13.0. The molecule has 0 unspecified atom stereocenters. The molecular formula is C11H17N3OS. The largest absolute Gasteiger partial charge is 0.311 e. The van der Waals surface area contributed by atoms with Crippen molar-refractivity contribution in [3.63, 3.8) is 0 Å². The lowest BCUT2D eigenvalue weighted by Gasteiger charge is -2.05. The van der Waals surface area contributed by atoms with Crippen molar-refractivity contribution in [3.05, 3.63) is 23.9 Å². The van der Waals surface area contributed by atoms with Gasteiger partial charge >= 0.3 is 0 Å². The van der Waals surface area contributed by atoms with E-state index in [2.05, 4.69) is 22.5 Å². The van der Waals surface area contributed by atoms with E-state index in [9.17, 15) is 4.79 Å². The van der Waals surface area contributed by atoms with Gasteiger partial charge in [-0.2, -0.15) is 11.8 Å². The van der Waals surface area contributed by atoms with E-state index in [1.54, 1.807) is 13.2 Å². The Kier molecular flexibility index (Phi) is 5.88. The number of hydrogen-bond acceptors (Lipinski definition) is 4. The summed E-state index contributed by atoms with van der Waals surface area (Å²) in [4.78, 5) is 15.4. The molecular weight excluding hydrogens is 222 g/mol. The molecule has 1 rings (SSSR count).